The zero-order chi connectivity index (χ0) is 15.1. The Morgan fingerprint density at radius 3 is 2.40 bits per heavy atom. The predicted molar refractivity (Wildman–Crippen MR) is 75.6 cm³/mol. The lowest BCUT2D eigenvalue weighted by Gasteiger charge is -2.13. The third-order valence-corrected chi connectivity index (χ3v) is 3.33. The second kappa shape index (κ2) is 7.53. The number of methoxy groups -OCH3 is 2. The highest BCUT2D eigenvalue weighted by atomic mass is 16.5. The molecule has 5 nitrogen and oxygen atoms in total. The van der Waals surface area contributed by atoms with E-state index in [-0.39, 0.29) is 24.7 Å². The van der Waals surface area contributed by atoms with Gasteiger partial charge < -0.3 is 14.8 Å². The number of hydrogen-bond donors (Lipinski definition) is 1. The van der Waals surface area contributed by atoms with Gasteiger partial charge in [0.25, 0.3) is 0 Å². The number of esters is 1. The summed E-state index contributed by atoms with van der Waals surface area (Å²) in [6.45, 7) is 4.42. The average Bonchev–Trinajstić information content (AvgIpc) is 2.46. The van der Waals surface area contributed by atoms with Gasteiger partial charge in [0.2, 0.25) is 5.91 Å². The van der Waals surface area contributed by atoms with Crippen LogP contribution in [-0.2, 0) is 20.9 Å². The number of nitrogens with one attached hydrogen (secondary N) is 1. The van der Waals surface area contributed by atoms with Gasteiger partial charge in [0.05, 0.1) is 20.6 Å². The first-order chi connectivity index (χ1) is 9.49. The van der Waals surface area contributed by atoms with Crippen LogP contribution in [0, 0.1) is 13.8 Å². The molecule has 0 fully saturated rings. The minimum Gasteiger partial charge on any atom is -0.496 e. The summed E-state index contributed by atoms with van der Waals surface area (Å²) in [5.74, 6) is 0.295. The van der Waals surface area contributed by atoms with E-state index in [1.165, 1.54) is 7.11 Å². The Kier molecular flexibility index (Phi) is 6.03. The maximum atomic E-state index is 11.6. The van der Waals surface area contributed by atoms with Crippen molar-refractivity contribution in [1.29, 1.82) is 0 Å². The van der Waals surface area contributed by atoms with Gasteiger partial charge >= 0.3 is 5.97 Å². The second-order valence-corrected chi connectivity index (χ2v) is 4.53. The molecular weight excluding hydrogens is 258 g/mol. The summed E-state index contributed by atoms with van der Waals surface area (Å²) in [6.07, 6.45) is 0.240. The predicted octanol–water partition coefficient (Wildman–Crippen LogP) is 1.88. The zero-order valence-corrected chi connectivity index (χ0v) is 12.4. The topological polar surface area (TPSA) is 64.6 Å². The quantitative estimate of drug-likeness (QED) is 0.808. The Bertz CT molecular complexity index is 497. The van der Waals surface area contributed by atoms with E-state index in [4.69, 9.17) is 4.74 Å². The van der Waals surface area contributed by atoms with Gasteiger partial charge in [0, 0.05) is 13.0 Å². The molecule has 1 amide bonds. The minimum absolute atomic E-state index is 0.100. The fourth-order valence-electron chi connectivity index (χ4n) is 1.86. The largest absolute Gasteiger partial charge is 0.496 e. The molecule has 0 saturated heterocycles. The number of ether oxygens (including phenoxy) is 2. The van der Waals surface area contributed by atoms with Crippen LogP contribution in [0.5, 0.6) is 5.75 Å². The van der Waals surface area contributed by atoms with Crippen LogP contribution in [0.15, 0.2) is 12.1 Å². The van der Waals surface area contributed by atoms with E-state index >= 15 is 0 Å². The van der Waals surface area contributed by atoms with Crippen molar-refractivity contribution in [3.63, 3.8) is 0 Å². The lowest BCUT2D eigenvalue weighted by molar-refractivity contribution is -0.142. The Morgan fingerprint density at radius 2 is 1.80 bits per heavy atom. The van der Waals surface area contributed by atoms with Gasteiger partial charge in [-0.25, -0.2) is 0 Å². The van der Waals surface area contributed by atoms with Gasteiger partial charge in [-0.2, -0.15) is 0 Å². The molecule has 110 valence electrons. The number of carbonyl (C=O) groups is 2. The van der Waals surface area contributed by atoms with Crippen molar-refractivity contribution in [2.24, 2.45) is 0 Å². The van der Waals surface area contributed by atoms with Crippen LogP contribution in [0.4, 0.5) is 0 Å². The highest BCUT2D eigenvalue weighted by Gasteiger charge is 2.09. The molecule has 1 aromatic rings. The number of benzene rings is 1. The lowest BCUT2D eigenvalue weighted by atomic mass is 10.0. The molecule has 0 aromatic heterocycles. The molecule has 20 heavy (non-hydrogen) atoms. The molecule has 0 atom stereocenters. The van der Waals surface area contributed by atoms with E-state index in [1.54, 1.807) is 7.11 Å². The molecule has 0 saturated carbocycles. The van der Waals surface area contributed by atoms with E-state index in [0.717, 1.165) is 22.4 Å². The molecule has 0 spiro atoms. The Labute approximate surface area is 119 Å². The number of hydrogen-bond acceptors (Lipinski definition) is 4. The monoisotopic (exact) mass is 279 g/mol. The van der Waals surface area contributed by atoms with Crippen LogP contribution in [-0.4, -0.2) is 26.1 Å². The van der Waals surface area contributed by atoms with E-state index < -0.39 is 0 Å². The molecule has 1 N–H and O–H groups in total. The Hall–Kier alpha value is -2.04. The first kappa shape index (κ1) is 16.0. The maximum absolute atomic E-state index is 11.6. The molecule has 0 aliphatic heterocycles. The van der Waals surface area contributed by atoms with Gasteiger partial charge in [-0.15, -0.1) is 0 Å². The first-order valence-electron chi connectivity index (χ1n) is 6.46. The van der Waals surface area contributed by atoms with Crippen LogP contribution in [0.3, 0.4) is 0 Å². The smallest absolute Gasteiger partial charge is 0.306 e. The normalized spacial score (nSPS) is 10.0. The second-order valence-electron chi connectivity index (χ2n) is 4.53. The molecule has 0 radical (unpaired) electrons. The van der Waals surface area contributed by atoms with Crippen LogP contribution in [0.2, 0.25) is 0 Å². The highest BCUT2D eigenvalue weighted by Crippen LogP contribution is 2.23. The third-order valence-electron chi connectivity index (χ3n) is 3.33. The standard InChI is InChI=1S/C15H21NO4/c1-10-11(2)13(19-3)6-5-12(10)9-16-14(17)7-8-15(18)20-4/h5-6H,7-9H2,1-4H3,(H,16,17). The lowest BCUT2D eigenvalue weighted by Crippen LogP contribution is -2.24. The van der Waals surface area contributed by atoms with Gasteiger partial charge in [-0.3, -0.25) is 9.59 Å². The number of amides is 1. The SMILES string of the molecule is COC(=O)CCC(=O)NCc1ccc(OC)c(C)c1C. The van der Waals surface area contributed by atoms with Crippen molar-refractivity contribution >= 4 is 11.9 Å². The molecule has 0 heterocycles. The highest BCUT2D eigenvalue weighted by molar-refractivity contribution is 5.81. The van der Waals surface area contributed by atoms with Gasteiger partial charge in [-0.05, 0) is 36.6 Å². The first-order valence-corrected chi connectivity index (χ1v) is 6.46. The van der Waals surface area contributed by atoms with E-state index in [9.17, 15) is 9.59 Å². The van der Waals surface area contributed by atoms with Crippen LogP contribution in [0.1, 0.15) is 29.5 Å². The average molecular weight is 279 g/mol. The molecule has 1 aromatic carbocycles. The summed E-state index contributed by atoms with van der Waals surface area (Å²) < 4.78 is 9.74. The molecule has 1 rings (SSSR count). The number of carbonyl (C=O) groups excluding carboxylic acids is 2. The third kappa shape index (κ3) is 4.26. The van der Waals surface area contributed by atoms with Gasteiger partial charge in [0.1, 0.15) is 5.75 Å². The fraction of sp³-hybridized carbons (Fsp3) is 0.467. The maximum Gasteiger partial charge on any atom is 0.306 e. The van der Waals surface area contributed by atoms with Gasteiger partial charge in [0.15, 0.2) is 0 Å². The molecular formula is C15H21NO4. The fourth-order valence-corrected chi connectivity index (χ4v) is 1.86. The summed E-state index contributed by atoms with van der Waals surface area (Å²) in [7, 11) is 2.94. The molecule has 0 aliphatic carbocycles. The summed E-state index contributed by atoms with van der Waals surface area (Å²) in [4.78, 5) is 22.6. The summed E-state index contributed by atoms with van der Waals surface area (Å²) in [5.41, 5.74) is 3.20. The minimum atomic E-state index is -0.378. The van der Waals surface area contributed by atoms with Crippen LogP contribution >= 0.6 is 0 Å². The van der Waals surface area contributed by atoms with Crippen molar-refractivity contribution in [3.8, 4) is 5.75 Å². The molecule has 5 heteroatoms. The van der Waals surface area contributed by atoms with Crippen LogP contribution < -0.4 is 10.1 Å². The zero-order valence-electron chi connectivity index (χ0n) is 12.4. The van der Waals surface area contributed by atoms with Gasteiger partial charge in [-0.1, -0.05) is 6.07 Å². The van der Waals surface area contributed by atoms with Crippen molar-refractivity contribution in [3.05, 3.63) is 28.8 Å². The Morgan fingerprint density at radius 1 is 1.10 bits per heavy atom. The van der Waals surface area contributed by atoms with E-state index in [1.807, 2.05) is 26.0 Å². The van der Waals surface area contributed by atoms with Crippen molar-refractivity contribution in [2.75, 3.05) is 14.2 Å². The van der Waals surface area contributed by atoms with E-state index in [2.05, 4.69) is 10.1 Å². The van der Waals surface area contributed by atoms with E-state index in [0.29, 0.717) is 6.54 Å². The van der Waals surface area contributed by atoms with Crippen molar-refractivity contribution in [1.82, 2.24) is 5.32 Å². The van der Waals surface area contributed by atoms with Crippen LogP contribution in [0.25, 0.3) is 0 Å². The summed E-state index contributed by atoms with van der Waals surface area (Å²) in [6, 6.07) is 3.82. The Balaban J connectivity index is 2.56. The number of rotatable bonds is 6. The van der Waals surface area contributed by atoms with Crippen molar-refractivity contribution in [2.45, 2.75) is 33.2 Å². The summed E-state index contributed by atoms with van der Waals surface area (Å²) in [5, 5.41) is 2.80. The summed E-state index contributed by atoms with van der Waals surface area (Å²) >= 11 is 0. The van der Waals surface area contributed by atoms with Crippen molar-refractivity contribution < 1.29 is 19.1 Å². The molecule has 0 bridgehead atoms. The molecule has 0 aliphatic rings. The molecule has 0 unspecified atom stereocenters.